The lowest BCUT2D eigenvalue weighted by Crippen LogP contribution is -2.39. The number of nitrogens with one attached hydrogen (secondary N) is 1. The fourth-order valence-electron chi connectivity index (χ4n) is 2.47. The van der Waals surface area contributed by atoms with Crippen LogP contribution in [0, 0.1) is 0 Å². The molecule has 3 nitrogen and oxygen atoms in total. The summed E-state index contributed by atoms with van der Waals surface area (Å²) in [5.41, 5.74) is 0. The zero-order valence-corrected chi connectivity index (χ0v) is 11.8. The van der Waals surface area contributed by atoms with Crippen LogP contribution in [0.2, 0.25) is 0 Å². The summed E-state index contributed by atoms with van der Waals surface area (Å²) in [6.07, 6.45) is 5.06. The Hall–Kier alpha value is -0.870. The van der Waals surface area contributed by atoms with Crippen LogP contribution in [0.1, 0.15) is 42.3 Å². The quantitative estimate of drug-likeness (QED) is 0.831. The molecule has 1 aromatic rings. The number of piperidine rings is 1. The van der Waals surface area contributed by atoms with Crippen LogP contribution in [-0.4, -0.2) is 36.5 Å². The van der Waals surface area contributed by atoms with Gasteiger partial charge in [-0.1, -0.05) is 12.5 Å². The summed E-state index contributed by atoms with van der Waals surface area (Å²) in [5.74, 6) is 0.0664. The van der Waals surface area contributed by atoms with Gasteiger partial charge in [0.2, 0.25) is 0 Å². The van der Waals surface area contributed by atoms with E-state index in [9.17, 15) is 4.79 Å². The van der Waals surface area contributed by atoms with Gasteiger partial charge in [0, 0.05) is 19.1 Å². The summed E-state index contributed by atoms with van der Waals surface area (Å²) < 4.78 is 0. The molecule has 1 aliphatic heterocycles. The van der Waals surface area contributed by atoms with Gasteiger partial charge < -0.3 is 10.2 Å². The van der Waals surface area contributed by atoms with Crippen molar-refractivity contribution >= 4 is 17.2 Å². The highest BCUT2D eigenvalue weighted by molar-refractivity contribution is 7.12. The summed E-state index contributed by atoms with van der Waals surface area (Å²) in [6, 6.07) is 4.49. The molecule has 0 radical (unpaired) electrons. The second-order valence-electron chi connectivity index (χ2n) is 4.97. The summed E-state index contributed by atoms with van der Waals surface area (Å²) in [4.78, 5) is 15.1. The standard InChI is InChI=1S/C14H22N2OS/c1-12-6-2-3-9-16(12)10-5-8-15-14(17)13-7-4-11-18-13/h4,7,11-12H,2-3,5-6,8-10H2,1H3,(H,15,17). The molecule has 2 heterocycles. The normalized spacial score (nSPS) is 20.8. The van der Waals surface area contributed by atoms with Crippen molar-refractivity contribution in [2.45, 2.75) is 38.6 Å². The molecule has 0 aromatic carbocycles. The molecule has 1 atom stereocenters. The van der Waals surface area contributed by atoms with E-state index in [0.29, 0.717) is 6.04 Å². The largest absolute Gasteiger partial charge is 0.351 e. The van der Waals surface area contributed by atoms with Gasteiger partial charge in [0.05, 0.1) is 4.88 Å². The van der Waals surface area contributed by atoms with Crippen molar-refractivity contribution < 1.29 is 4.79 Å². The number of hydrogen-bond donors (Lipinski definition) is 1. The van der Waals surface area contributed by atoms with E-state index >= 15 is 0 Å². The van der Waals surface area contributed by atoms with Gasteiger partial charge in [0.25, 0.3) is 5.91 Å². The number of likely N-dealkylation sites (tertiary alicyclic amines) is 1. The Morgan fingerprint density at radius 2 is 2.44 bits per heavy atom. The molecule has 0 saturated carbocycles. The van der Waals surface area contributed by atoms with Gasteiger partial charge in [-0.05, 0) is 44.2 Å². The Morgan fingerprint density at radius 1 is 1.56 bits per heavy atom. The summed E-state index contributed by atoms with van der Waals surface area (Å²) >= 11 is 1.50. The topological polar surface area (TPSA) is 32.3 Å². The fraction of sp³-hybridized carbons (Fsp3) is 0.643. The highest BCUT2D eigenvalue weighted by Crippen LogP contribution is 2.16. The molecular weight excluding hydrogens is 244 g/mol. The number of amides is 1. The van der Waals surface area contributed by atoms with Crippen LogP contribution < -0.4 is 5.32 Å². The van der Waals surface area contributed by atoms with Crippen LogP contribution >= 0.6 is 11.3 Å². The van der Waals surface area contributed by atoms with Crippen LogP contribution in [0.3, 0.4) is 0 Å². The molecule has 18 heavy (non-hydrogen) atoms. The Labute approximate surface area is 113 Å². The van der Waals surface area contributed by atoms with E-state index in [1.807, 2.05) is 17.5 Å². The van der Waals surface area contributed by atoms with E-state index in [4.69, 9.17) is 0 Å². The first-order valence-electron chi connectivity index (χ1n) is 6.83. The molecule has 0 aliphatic carbocycles. The van der Waals surface area contributed by atoms with Gasteiger partial charge >= 0.3 is 0 Å². The minimum atomic E-state index is 0.0664. The van der Waals surface area contributed by atoms with Crippen LogP contribution in [0.25, 0.3) is 0 Å². The maximum Gasteiger partial charge on any atom is 0.261 e. The van der Waals surface area contributed by atoms with E-state index in [0.717, 1.165) is 24.4 Å². The zero-order valence-electron chi connectivity index (χ0n) is 11.0. The predicted octanol–water partition coefficient (Wildman–Crippen LogP) is 2.74. The molecule has 0 bridgehead atoms. The molecule has 1 aromatic heterocycles. The molecule has 1 amide bonds. The molecule has 1 unspecified atom stereocenters. The molecule has 2 rings (SSSR count). The first-order valence-corrected chi connectivity index (χ1v) is 7.71. The number of hydrogen-bond acceptors (Lipinski definition) is 3. The smallest absolute Gasteiger partial charge is 0.261 e. The zero-order chi connectivity index (χ0) is 12.8. The van der Waals surface area contributed by atoms with E-state index in [-0.39, 0.29) is 5.91 Å². The van der Waals surface area contributed by atoms with Crippen molar-refractivity contribution in [2.24, 2.45) is 0 Å². The van der Waals surface area contributed by atoms with Crippen LogP contribution in [-0.2, 0) is 0 Å². The van der Waals surface area contributed by atoms with Crippen molar-refractivity contribution in [3.05, 3.63) is 22.4 Å². The highest BCUT2D eigenvalue weighted by Gasteiger charge is 2.17. The number of carbonyl (C=O) groups is 1. The number of carbonyl (C=O) groups excluding carboxylic acids is 1. The Bertz CT molecular complexity index is 364. The number of rotatable bonds is 5. The Kier molecular flexibility index (Phi) is 5.20. The van der Waals surface area contributed by atoms with Gasteiger partial charge in [-0.3, -0.25) is 4.79 Å². The fourth-order valence-corrected chi connectivity index (χ4v) is 3.11. The van der Waals surface area contributed by atoms with Crippen LogP contribution in [0.15, 0.2) is 17.5 Å². The second-order valence-corrected chi connectivity index (χ2v) is 5.92. The van der Waals surface area contributed by atoms with Crippen molar-refractivity contribution in [2.75, 3.05) is 19.6 Å². The first kappa shape index (κ1) is 13.6. The van der Waals surface area contributed by atoms with E-state index < -0.39 is 0 Å². The lowest BCUT2D eigenvalue weighted by Gasteiger charge is -2.33. The van der Waals surface area contributed by atoms with Gasteiger partial charge in [-0.25, -0.2) is 0 Å². The Balaban J connectivity index is 1.62. The van der Waals surface area contributed by atoms with Gasteiger partial charge in [0.1, 0.15) is 0 Å². The van der Waals surface area contributed by atoms with Crippen molar-refractivity contribution in [3.8, 4) is 0 Å². The third-order valence-electron chi connectivity index (χ3n) is 3.59. The SMILES string of the molecule is CC1CCCCN1CCCNC(=O)c1cccs1. The summed E-state index contributed by atoms with van der Waals surface area (Å²) in [7, 11) is 0. The predicted molar refractivity (Wildman–Crippen MR) is 76.2 cm³/mol. The first-order chi connectivity index (χ1) is 8.77. The molecule has 1 N–H and O–H groups in total. The second kappa shape index (κ2) is 6.90. The van der Waals surface area contributed by atoms with E-state index in [2.05, 4.69) is 17.1 Å². The third kappa shape index (κ3) is 3.82. The molecule has 4 heteroatoms. The van der Waals surface area contributed by atoms with Crippen molar-refractivity contribution in [1.29, 1.82) is 0 Å². The molecule has 1 fully saturated rings. The maximum atomic E-state index is 11.7. The minimum Gasteiger partial charge on any atom is -0.351 e. The van der Waals surface area contributed by atoms with E-state index in [1.54, 1.807) is 0 Å². The lowest BCUT2D eigenvalue weighted by molar-refractivity contribution is 0.0953. The monoisotopic (exact) mass is 266 g/mol. The van der Waals surface area contributed by atoms with E-state index in [1.165, 1.54) is 37.1 Å². The third-order valence-corrected chi connectivity index (χ3v) is 4.46. The van der Waals surface area contributed by atoms with Crippen LogP contribution in [0.5, 0.6) is 0 Å². The van der Waals surface area contributed by atoms with Crippen LogP contribution in [0.4, 0.5) is 0 Å². The molecule has 100 valence electrons. The van der Waals surface area contributed by atoms with Crippen molar-refractivity contribution in [1.82, 2.24) is 10.2 Å². The van der Waals surface area contributed by atoms with Gasteiger partial charge in [-0.2, -0.15) is 0 Å². The van der Waals surface area contributed by atoms with Crippen molar-refractivity contribution in [3.63, 3.8) is 0 Å². The maximum absolute atomic E-state index is 11.7. The molecule has 1 saturated heterocycles. The number of thiophene rings is 1. The molecule has 0 spiro atoms. The van der Waals surface area contributed by atoms with Gasteiger partial charge in [0.15, 0.2) is 0 Å². The lowest BCUT2D eigenvalue weighted by atomic mass is 10.0. The summed E-state index contributed by atoms with van der Waals surface area (Å²) in [6.45, 7) is 5.41. The average Bonchev–Trinajstić information content (AvgIpc) is 2.90. The molecule has 1 aliphatic rings. The Morgan fingerprint density at radius 3 is 3.17 bits per heavy atom. The van der Waals surface area contributed by atoms with Gasteiger partial charge in [-0.15, -0.1) is 11.3 Å². The minimum absolute atomic E-state index is 0.0664. The summed E-state index contributed by atoms with van der Waals surface area (Å²) in [5, 5.41) is 4.92. The number of nitrogens with zero attached hydrogens (tertiary/aromatic N) is 1. The highest BCUT2D eigenvalue weighted by atomic mass is 32.1. The average molecular weight is 266 g/mol. The molecular formula is C14H22N2OS.